The molecule has 0 bridgehead atoms. The first-order valence-electron chi connectivity index (χ1n) is 14.8. The van der Waals surface area contributed by atoms with Crippen LogP contribution in [-0.2, 0) is 14.8 Å². The van der Waals surface area contributed by atoms with Crippen molar-refractivity contribution >= 4 is 44.6 Å². The number of anilines is 2. The number of hydrogen-bond donors (Lipinski definition) is 2. The normalized spacial score (nSPS) is 15.7. The summed E-state index contributed by atoms with van der Waals surface area (Å²) in [6.45, 7) is 1.15. The summed E-state index contributed by atoms with van der Waals surface area (Å²) in [5.41, 5.74) is 4.36. The molecule has 2 N–H and O–H groups in total. The lowest BCUT2D eigenvalue weighted by Crippen LogP contribution is -2.25. The molecule has 0 aliphatic carbocycles. The highest BCUT2D eigenvalue weighted by atomic mass is 35.5. The number of sulfonamides is 1. The molecule has 4 aromatic rings. The van der Waals surface area contributed by atoms with Crippen molar-refractivity contribution in [3.8, 4) is 17.2 Å². The molecule has 1 unspecified atom stereocenters. The lowest BCUT2D eigenvalue weighted by molar-refractivity contribution is -0.116. The Balaban J connectivity index is 1.14. The maximum Gasteiger partial charge on any atom is 0.240 e. The molecule has 4 aromatic carbocycles. The zero-order valence-corrected chi connectivity index (χ0v) is 26.7. The molecule has 46 heavy (non-hydrogen) atoms. The van der Waals surface area contributed by atoms with E-state index in [1.54, 1.807) is 7.11 Å². The van der Waals surface area contributed by atoms with E-state index in [4.69, 9.17) is 30.9 Å². The van der Waals surface area contributed by atoms with Crippen LogP contribution in [-0.4, -0.2) is 46.9 Å². The fourth-order valence-electron chi connectivity index (χ4n) is 5.34. The topological polar surface area (TPSA) is 119 Å². The van der Waals surface area contributed by atoms with Gasteiger partial charge in [0.1, 0.15) is 19.0 Å². The van der Waals surface area contributed by atoms with Crippen LogP contribution in [0.2, 0.25) is 5.02 Å². The SMILES string of the molecule is COc1ccc(N2N=C(c3ccc4c(c3)OCCO4)CC2c2cccc(NC(=O)CCCNS(=O)(=O)c3ccc(Cl)cc3)c2)cc1. The number of fused-ring (bicyclic) bond motifs is 1. The van der Waals surface area contributed by atoms with E-state index in [0.29, 0.717) is 42.5 Å². The second-order valence-corrected chi connectivity index (χ2v) is 13.0. The van der Waals surface area contributed by atoms with Crippen molar-refractivity contribution in [3.63, 3.8) is 0 Å². The Morgan fingerprint density at radius 3 is 2.50 bits per heavy atom. The molecule has 238 valence electrons. The van der Waals surface area contributed by atoms with Crippen molar-refractivity contribution in [2.75, 3.05) is 37.2 Å². The molecular weight excluding hydrogens is 628 g/mol. The maximum atomic E-state index is 12.8. The Bertz CT molecular complexity index is 1850. The molecule has 0 radical (unpaired) electrons. The van der Waals surface area contributed by atoms with Gasteiger partial charge >= 0.3 is 0 Å². The first-order valence-corrected chi connectivity index (χ1v) is 16.7. The minimum Gasteiger partial charge on any atom is -0.497 e. The fraction of sp³-hybridized carbons (Fsp3) is 0.235. The number of carbonyl (C=O) groups excluding carboxylic acids is 1. The molecule has 0 saturated heterocycles. The van der Waals surface area contributed by atoms with Gasteiger partial charge in [-0.1, -0.05) is 23.7 Å². The highest BCUT2D eigenvalue weighted by Crippen LogP contribution is 2.39. The largest absolute Gasteiger partial charge is 0.497 e. The molecule has 12 heteroatoms. The monoisotopic (exact) mass is 660 g/mol. The van der Waals surface area contributed by atoms with Gasteiger partial charge in [-0.15, -0.1) is 0 Å². The minimum atomic E-state index is -3.69. The number of amides is 1. The quantitative estimate of drug-likeness (QED) is 0.185. The van der Waals surface area contributed by atoms with E-state index < -0.39 is 10.0 Å². The number of hydrazone groups is 1. The smallest absolute Gasteiger partial charge is 0.240 e. The highest BCUT2D eigenvalue weighted by Gasteiger charge is 2.31. The summed E-state index contributed by atoms with van der Waals surface area (Å²) in [5.74, 6) is 1.96. The molecule has 2 heterocycles. The van der Waals surface area contributed by atoms with Crippen LogP contribution in [0.25, 0.3) is 0 Å². The van der Waals surface area contributed by atoms with E-state index in [2.05, 4.69) is 10.0 Å². The zero-order valence-electron chi connectivity index (χ0n) is 25.1. The molecule has 10 nitrogen and oxygen atoms in total. The van der Waals surface area contributed by atoms with Gasteiger partial charge in [0.25, 0.3) is 0 Å². The van der Waals surface area contributed by atoms with Gasteiger partial charge in [-0.3, -0.25) is 9.80 Å². The van der Waals surface area contributed by atoms with E-state index >= 15 is 0 Å². The summed E-state index contributed by atoms with van der Waals surface area (Å²) < 4.78 is 44.4. The van der Waals surface area contributed by atoms with Crippen LogP contribution < -0.4 is 29.3 Å². The van der Waals surface area contributed by atoms with E-state index in [1.165, 1.54) is 24.3 Å². The van der Waals surface area contributed by atoms with Gasteiger partial charge in [-0.05, 0) is 90.8 Å². The average molecular weight is 661 g/mol. The fourth-order valence-corrected chi connectivity index (χ4v) is 6.54. The summed E-state index contributed by atoms with van der Waals surface area (Å²) in [6.07, 6.45) is 1.10. The number of hydrogen-bond acceptors (Lipinski definition) is 8. The molecule has 0 spiro atoms. The maximum absolute atomic E-state index is 12.8. The third-order valence-corrected chi connectivity index (χ3v) is 9.40. The highest BCUT2D eigenvalue weighted by molar-refractivity contribution is 7.89. The van der Waals surface area contributed by atoms with Gasteiger partial charge in [-0.25, -0.2) is 13.1 Å². The van der Waals surface area contributed by atoms with Crippen LogP contribution in [0, 0.1) is 0 Å². The molecule has 2 aliphatic heterocycles. The standard InChI is InChI=1S/C34H33ClN4O6S/c1-43-28-12-10-27(11-13-28)39-31(22-30(38-39)23-7-16-32-33(21-23)45-19-18-44-32)24-4-2-5-26(20-24)37-34(40)6-3-17-36-46(41,42)29-14-8-25(35)9-15-29/h2,4-5,7-16,20-21,31,36H,3,6,17-19,22H2,1H3,(H,37,40). The lowest BCUT2D eigenvalue weighted by atomic mass is 9.97. The van der Waals surface area contributed by atoms with Crippen LogP contribution in [0.1, 0.15) is 36.4 Å². The second-order valence-electron chi connectivity index (χ2n) is 10.8. The van der Waals surface area contributed by atoms with Crippen molar-refractivity contribution in [2.45, 2.75) is 30.2 Å². The number of halogens is 1. The molecule has 6 rings (SSSR count). The first kappa shape index (κ1) is 31.4. The van der Waals surface area contributed by atoms with E-state index in [0.717, 1.165) is 34.0 Å². The Labute approximate surface area is 273 Å². The third kappa shape index (κ3) is 7.28. The molecule has 1 amide bonds. The number of nitrogens with zero attached hydrogens (tertiary/aromatic N) is 2. The molecular formula is C34H33ClN4O6S. The number of nitrogens with one attached hydrogen (secondary N) is 2. The number of ether oxygens (including phenoxy) is 3. The summed E-state index contributed by atoms with van der Waals surface area (Å²) in [7, 11) is -2.06. The van der Waals surface area contributed by atoms with Crippen molar-refractivity contribution in [2.24, 2.45) is 5.10 Å². The Hall–Kier alpha value is -4.58. The van der Waals surface area contributed by atoms with Crippen molar-refractivity contribution in [1.82, 2.24) is 4.72 Å². The van der Waals surface area contributed by atoms with Crippen LogP contribution in [0.15, 0.2) is 101 Å². The van der Waals surface area contributed by atoms with Crippen LogP contribution in [0.5, 0.6) is 17.2 Å². The zero-order chi connectivity index (χ0) is 32.1. The molecule has 1 atom stereocenters. The Kier molecular flexibility index (Phi) is 9.43. The van der Waals surface area contributed by atoms with Gasteiger partial charge in [-0.2, -0.15) is 5.10 Å². The summed E-state index contributed by atoms with van der Waals surface area (Å²) in [5, 5.41) is 10.4. The number of carbonyl (C=O) groups is 1. The van der Waals surface area contributed by atoms with Gasteiger partial charge in [0, 0.05) is 35.7 Å². The van der Waals surface area contributed by atoms with Gasteiger partial charge in [0.05, 0.1) is 29.4 Å². The van der Waals surface area contributed by atoms with Crippen molar-refractivity contribution in [3.05, 3.63) is 107 Å². The van der Waals surface area contributed by atoms with Gasteiger partial charge in [0.15, 0.2) is 11.5 Å². The van der Waals surface area contributed by atoms with Gasteiger partial charge < -0.3 is 19.5 Å². The lowest BCUT2D eigenvalue weighted by Gasteiger charge is -2.24. The summed E-state index contributed by atoms with van der Waals surface area (Å²) in [4.78, 5) is 12.9. The van der Waals surface area contributed by atoms with Crippen molar-refractivity contribution < 1.29 is 27.4 Å². The van der Waals surface area contributed by atoms with Gasteiger partial charge in [0.2, 0.25) is 15.9 Å². The average Bonchev–Trinajstić information content (AvgIpc) is 3.53. The predicted molar refractivity (Wildman–Crippen MR) is 178 cm³/mol. The number of rotatable bonds is 11. The predicted octanol–water partition coefficient (Wildman–Crippen LogP) is 6.17. The number of benzene rings is 4. The molecule has 2 aliphatic rings. The molecule has 0 saturated carbocycles. The van der Waals surface area contributed by atoms with Crippen molar-refractivity contribution in [1.29, 1.82) is 0 Å². The molecule has 0 fully saturated rings. The summed E-state index contributed by atoms with van der Waals surface area (Å²) >= 11 is 5.86. The third-order valence-electron chi connectivity index (χ3n) is 7.67. The van der Waals surface area contributed by atoms with Crippen LogP contribution in [0.3, 0.4) is 0 Å². The van der Waals surface area contributed by atoms with E-state index in [1.807, 2.05) is 71.7 Å². The minimum absolute atomic E-state index is 0.120. The molecule has 0 aromatic heterocycles. The van der Waals surface area contributed by atoms with E-state index in [9.17, 15) is 13.2 Å². The number of methoxy groups -OCH3 is 1. The van der Waals surface area contributed by atoms with Crippen LogP contribution >= 0.6 is 11.6 Å². The first-order chi connectivity index (χ1) is 22.3. The van der Waals surface area contributed by atoms with E-state index in [-0.39, 0.29) is 29.8 Å². The summed E-state index contributed by atoms with van der Waals surface area (Å²) in [6, 6.07) is 27.1. The Morgan fingerprint density at radius 2 is 1.74 bits per heavy atom. The van der Waals surface area contributed by atoms with Crippen LogP contribution in [0.4, 0.5) is 11.4 Å². The Morgan fingerprint density at radius 1 is 0.978 bits per heavy atom. The second kappa shape index (κ2) is 13.8.